The molecule has 0 fully saturated rings. The predicted octanol–water partition coefficient (Wildman–Crippen LogP) is 4.91. The zero-order chi connectivity index (χ0) is 23.7. The minimum atomic E-state index is -0.246. The van der Waals surface area contributed by atoms with Crippen LogP contribution in [0, 0.1) is 0 Å². The number of anilines is 2. The van der Waals surface area contributed by atoms with Crippen molar-refractivity contribution in [3.05, 3.63) is 65.4 Å². The van der Waals surface area contributed by atoms with Crippen LogP contribution >= 0.6 is 11.6 Å². The summed E-state index contributed by atoms with van der Waals surface area (Å²) in [5, 5.41) is 24.6. The first-order chi connectivity index (χ1) is 16.4. The zero-order valence-electron chi connectivity index (χ0n) is 18.7. The summed E-state index contributed by atoms with van der Waals surface area (Å²) < 4.78 is 0. The smallest absolute Gasteiger partial charge is 0.204 e. The quantitative estimate of drug-likeness (QED) is 0.348. The number of H-pyrrole nitrogens is 1. The molecule has 3 heterocycles. The Hall–Kier alpha value is -4.18. The Morgan fingerprint density at radius 1 is 1.09 bits per heavy atom. The molecule has 10 nitrogen and oxygen atoms in total. The zero-order valence-corrected chi connectivity index (χ0v) is 19.5. The van der Waals surface area contributed by atoms with Gasteiger partial charge in [-0.1, -0.05) is 35.9 Å². The monoisotopic (exact) mass is 472 g/mol. The van der Waals surface area contributed by atoms with Gasteiger partial charge in [-0.2, -0.15) is 9.90 Å². The van der Waals surface area contributed by atoms with E-state index < -0.39 is 0 Å². The van der Waals surface area contributed by atoms with Crippen LogP contribution in [-0.4, -0.2) is 46.6 Å². The molecule has 0 aliphatic heterocycles. The van der Waals surface area contributed by atoms with Gasteiger partial charge in [0.05, 0.1) is 5.54 Å². The van der Waals surface area contributed by atoms with E-state index in [9.17, 15) is 0 Å². The summed E-state index contributed by atoms with van der Waals surface area (Å²) in [6, 6.07) is 15.1. The molecule has 0 bridgehead atoms. The second kappa shape index (κ2) is 8.64. The van der Waals surface area contributed by atoms with Crippen molar-refractivity contribution in [3.63, 3.8) is 0 Å². The van der Waals surface area contributed by atoms with Gasteiger partial charge in [0.2, 0.25) is 5.82 Å². The van der Waals surface area contributed by atoms with Crippen LogP contribution in [0.2, 0.25) is 5.02 Å². The average molecular weight is 473 g/mol. The number of hydrogen-bond donors (Lipinski definition) is 2. The lowest BCUT2D eigenvalue weighted by Gasteiger charge is -2.15. The van der Waals surface area contributed by atoms with Crippen molar-refractivity contribution in [3.8, 4) is 11.4 Å². The third kappa shape index (κ3) is 4.48. The SMILES string of the molecule is CC(C)(C)n1nnc(-c2cccc(/C=N/c3n[nH]c4ncnc(Nc5cccc(Cl)c5)c34)c2)n1. The molecular weight excluding hydrogens is 452 g/mol. The van der Waals surface area contributed by atoms with E-state index >= 15 is 0 Å². The fourth-order valence-electron chi connectivity index (χ4n) is 3.24. The lowest BCUT2D eigenvalue weighted by Crippen LogP contribution is -2.24. The molecule has 2 N–H and O–H groups in total. The summed E-state index contributed by atoms with van der Waals surface area (Å²) in [6.07, 6.45) is 3.19. The second-order valence-corrected chi connectivity index (χ2v) is 9.02. The Labute approximate surface area is 200 Å². The van der Waals surface area contributed by atoms with Gasteiger partial charge in [0.1, 0.15) is 17.5 Å². The first-order valence-electron chi connectivity index (χ1n) is 10.5. The Kier molecular flexibility index (Phi) is 5.50. The van der Waals surface area contributed by atoms with E-state index in [4.69, 9.17) is 11.6 Å². The summed E-state index contributed by atoms with van der Waals surface area (Å²) in [4.78, 5) is 14.8. The standard InChI is InChI=1S/C23H21ClN10/c1-23(2,3)34-32-19(31-33-34)15-7-4-6-14(10-15)12-25-21-18-20(26-13-27-22(18)30-29-21)28-17-9-5-8-16(24)11-17/h4-13H,1-3H3,(H2,26,27,28,29,30)/b25-12+. The average Bonchev–Trinajstić information content (AvgIpc) is 3.46. The summed E-state index contributed by atoms with van der Waals surface area (Å²) in [6.45, 7) is 6.07. The fraction of sp³-hybridized carbons (Fsp3) is 0.174. The topological polar surface area (TPSA) is 122 Å². The molecule has 0 spiro atoms. The van der Waals surface area contributed by atoms with Crippen molar-refractivity contribution in [2.75, 3.05) is 5.32 Å². The number of fused-ring (bicyclic) bond motifs is 1. The highest BCUT2D eigenvalue weighted by atomic mass is 35.5. The number of nitrogens with one attached hydrogen (secondary N) is 2. The highest BCUT2D eigenvalue weighted by Crippen LogP contribution is 2.30. The van der Waals surface area contributed by atoms with Crippen LogP contribution in [0.15, 0.2) is 59.9 Å². The summed E-state index contributed by atoms with van der Waals surface area (Å²) >= 11 is 6.11. The Balaban J connectivity index is 1.45. The van der Waals surface area contributed by atoms with Crippen LogP contribution < -0.4 is 5.32 Å². The highest BCUT2D eigenvalue weighted by molar-refractivity contribution is 6.30. The maximum absolute atomic E-state index is 6.11. The van der Waals surface area contributed by atoms with Gasteiger partial charge < -0.3 is 5.32 Å². The number of rotatable bonds is 5. The van der Waals surface area contributed by atoms with Gasteiger partial charge in [-0.15, -0.1) is 10.2 Å². The number of aromatic amines is 1. The van der Waals surface area contributed by atoms with E-state index in [2.05, 4.69) is 45.9 Å². The van der Waals surface area contributed by atoms with Gasteiger partial charge in [-0.3, -0.25) is 5.10 Å². The maximum atomic E-state index is 6.11. The molecule has 0 saturated carbocycles. The Morgan fingerprint density at radius 3 is 2.74 bits per heavy atom. The van der Waals surface area contributed by atoms with Gasteiger partial charge in [-0.25, -0.2) is 15.0 Å². The van der Waals surface area contributed by atoms with E-state index in [1.165, 1.54) is 6.33 Å². The first kappa shape index (κ1) is 21.7. The molecule has 5 rings (SSSR count). The van der Waals surface area contributed by atoms with E-state index in [0.29, 0.717) is 33.5 Å². The van der Waals surface area contributed by atoms with Gasteiger partial charge in [-0.05, 0) is 55.8 Å². The summed E-state index contributed by atoms with van der Waals surface area (Å²) in [5.74, 6) is 1.59. The third-order valence-corrected chi connectivity index (χ3v) is 5.16. The number of aromatic nitrogens is 8. The van der Waals surface area contributed by atoms with E-state index in [-0.39, 0.29) is 5.54 Å². The highest BCUT2D eigenvalue weighted by Gasteiger charge is 2.18. The molecule has 11 heteroatoms. The first-order valence-corrected chi connectivity index (χ1v) is 10.9. The van der Waals surface area contributed by atoms with Crippen molar-refractivity contribution in [2.45, 2.75) is 26.3 Å². The molecule has 0 aliphatic carbocycles. The Morgan fingerprint density at radius 2 is 1.94 bits per heavy atom. The molecule has 5 aromatic rings. The van der Waals surface area contributed by atoms with Crippen LogP contribution in [0.1, 0.15) is 26.3 Å². The second-order valence-electron chi connectivity index (χ2n) is 8.59. The molecular formula is C23H21ClN10. The van der Waals surface area contributed by atoms with Crippen molar-refractivity contribution in [1.82, 2.24) is 40.4 Å². The number of halogens is 1. The normalized spacial score (nSPS) is 12.0. The molecule has 0 aliphatic rings. The molecule has 2 aromatic carbocycles. The van der Waals surface area contributed by atoms with E-state index in [1.54, 1.807) is 11.0 Å². The summed E-state index contributed by atoms with van der Waals surface area (Å²) in [5.41, 5.74) is 2.83. The Bertz CT molecular complexity index is 1500. The van der Waals surface area contributed by atoms with Gasteiger partial charge in [0.25, 0.3) is 0 Å². The van der Waals surface area contributed by atoms with Crippen molar-refractivity contribution in [2.24, 2.45) is 4.99 Å². The maximum Gasteiger partial charge on any atom is 0.204 e. The number of aliphatic imine (C=N–C) groups is 1. The van der Waals surface area contributed by atoms with Crippen LogP contribution in [0.5, 0.6) is 0 Å². The molecule has 34 heavy (non-hydrogen) atoms. The van der Waals surface area contributed by atoms with Crippen molar-refractivity contribution >= 4 is 46.2 Å². The van der Waals surface area contributed by atoms with Gasteiger partial charge >= 0.3 is 0 Å². The van der Waals surface area contributed by atoms with Gasteiger partial charge in [0, 0.05) is 22.5 Å². The minimum absolute atomic E-state index is 0.246. The molecule has 0 amide bonds. The lowest BCUT2D eigenvalue weighted by molar-refractivity contribution is 0.306. The van der Waals surface area contributed by atoms with Crippen LogP contribution in [0.3, 0.4) is 0 Å². The molecule has 0 radical (unpaired) electrons. The van der Waals surface area contributed by atoms with Gasteiger partial charge in [0.15, 0.2) is 11.5 Å². The third-order valence-electron chi connectivity index (χ3n) is 4.92. The van der Waals surface area contributed by atoms with Crippen LogP contribution in [0.4, 0.5) is 17.3 Å². The van der Waals surface area contributed by atoms with Crippen LogP contribution in [0.25, 0.3) is 22.4 Å². The predicted molar refractivity (Wildman–Crippen MR) is 132 cm³/mol. The largest absolute Gasteiger partial charge is 0.339 e. The van der Waals surface area contributed by atoms with Crippen molar-refractivity contribution in [1.29, 1.82) is 0 Å². The molecule has 0 saturated heterocycles. The minimum Gasteiger partial charge on any atom is -0.339 e. The van der Waals surface area contributed by atoms with Crippen molar-refractivity contribution < 1.29 is 0 Å². The lowest BCUT2D eigenvalue weighted by atomic mass is 10.1. The van der Waals surface area contributed by atoms with E-state index in [0.717, 1.165) is 16.8 Å². The number of benzene rings is 2. The number of nitrogens with zero attached hydrogens (tertiary/aromatic N) is 8. The molecule has 170 valence electrons. The summed E-state index contributed by atoms with van der Waals surface area (Å²) in [7, 11) is 0. The molecule has 0 atom stereocenters. The molecule has 3 aromatic heterocycles. The van der Waals surface area contributed by atoms with E-state index in [1.807, 2.05) is 69.3 Å². The number of hydrogen-bond acceptors (Lipinski definition) is 8. The fourth-order valence-corrected chi connectivity index (χ4v) is 3.43. The molecule has 0 unspecified atom stereocenters. The van der Waals surface area contributed by atoms with Crippen LogP contribution in [-0.2, 0) is 5.54 Å². The number of tetrazole rings is 1.